The van der Waals surface area contributed by atoms with Gasteiger partial charge in [-0.1, -0.05) is 31.2 Å². The van der Waals surface area contributed by atoms with E-state index in [0.29, 0.717) is 12.1 Å². The highest BCUT2D eigenvalue weighted by Gasteiger charge is 2.23. The van der Waals surface area contributed by atoms with Gasteiger partial charge < -0.3 is 10.1 Å². The molecular weight excluding hydrogens is 198 g/mol. The van der Waals surface area contributed by atoms with Crippen molar-refractivity contribution < 1.29 is 4.74 Å². The molecule has 1 saturated heterocycles. The summed E-state index contributed by atoms with van der Waals surface area (Å²) in [6.45, 7) is 6.17. The maximum absolute atomic E-state index is 5.53. The van der Waals surface area contributed by atoms with E-state index in [2.05, 4.69) is 43.4 Å². The second kappa shape index (κ2) is 5.46. The maximum Gasteiger partial charge on any atom is 0.0700 e. The molecule has 0 aliphatic carbocycles. The fraction of sp³-hybridized carbons (Fsp3) is 0.571. The largest absolute Gasteiger partial charge is 0.377 e. The van der Waals surface area contributed by atoms with Gasteiger partial charge in [0, 0.05) is 19.2 Å². The van der Waals surface area contributed by atoms with Gasteiger partial charge in [0.25, 0.3) is 0 Å². The Hall–Kier alpha value is -0.860. The molecule has 2 rings (SSSR count). The number of ether oxygens (including phenoxy) is 1. The summed E-state index contributed by atoms with van der Waals surface area (Å²) in [4.78, 5) is 0. The third kappa shape index (κ3) is 2.83. The van der Waals surface area contributed by atoms with Crippen molar-refractivity contribution in [3.63, 3.8) is 0 Å². The van der Waals surface area contributed by atoms with Crippen LogP contribution >= 0.6 is 0 Å². The molecule has 2 unspecified atom stereocenters. The Kier molecular flexibility index (Phi) is 3.97. The Balaban J connectivity index is 1.84. The zero-order valence-corrected chi connectivity index (χ0v) is 10.2. The molecular formula is C14H21NO. The van der Waals surface area contributed by atoms with Crippen molar-refractivity contribution in [1.29, 1.82) is 0 Å². The Morgan fingerprint density at radius 2 is 1.94 bits per heavy atom. The average molecular weight is 219 g/mol. The number of aryl methyl sites for hydroxylation is 1. The monoisotopic (exact) mass is 219 g/mol. The fourth-order valence-corrected chi connectivity index (χ4v) is 2.14. The van der Waals surface area contributed by atoms with Crippen molar-refractivity contribution in [3.05, 3.63) is 35.4 Å². The summed E-state index contributed by atoms with van der Waals surface area (Å²) in [6, 6.07) is 9.38. The first kappa shape index (κ1) is 11.6. The Bertz CT molecular complexity index is 320. The lowest BCUT2D eigenvalue weighted by molar-refractivity contribution is 0.113. The van der Waals surface area contributed by atoms with Crippen LogP contribution in [-0.4, -0.2) is 18.8 Å². The molecule has 0 amide bonds. The summed E-state index contributed by atoms with van der Waals surface area (Å²) in [6.07, 6.45) is 2.60. The summed E-state index contributed by atoms with van der Waals surface area (Å²) in [5.41, 5.74) is 2.76. The Morgan fingerprint density at radius 1 is 1.25 bits per heavy atom. The predicted molar refractivity (Wildman–Crippen MR) is 66.5 cm³/mol. The van der Waals surface area contributed by atoms with Crippen LogP contribution in [0.3, 0.4) is 0 Å². The first-order valence-corrected chi connectivity index (χ1v) is 6.22. The number of rotatable bonds is 4. The molecule has 1 N–H and O–H groups in total. The molecule has 1 heterocycles. The first-order chi connectivity index (χ1) is 7.79. The molecule has 2 nitrogen and oxygen atoms in total. The highest BCUT2D eigenvalue weighted by atomic mass is 16.5. The van der Waals surface area contributed by atoms with E-state index in [-0.39, 0.29) is 0 Å². The van der Waals surface area contributed by atoms with E-state index >= 15 is 0 Å². The van der Waals surface area contributed by atoms with Gasteiger partial charge in [-0.05, 0) is 30.9 Å². The number of benzene rings is 1. The van der Waals surface area contributed by atoms with Crippen LogP contribution in [0.5, 0.6) is 0 Å². The molecule has 1 aliphatic heterocycles. The third-order valence-electron chi connectivity index (χ3n) is 3.38. The standard InChI is InChI=1S/C14H21NO/c1-3-12-4-6-13(7-5-12)10-15-14-8-9-16-11(14)2/h4-7,11,14-15H,3,8-10H2,1-2H3. The quantitative estimate of drug-likeness (QED) is 0.840. The van der Waals surface area contributed by atoms with Crippen LogP contribution in [0.2, 0.25) is 0 Å². The van der Waals surface area contributed by atoms with Gasteiger partial charge in [-0.3, -0.25) is 0 Å². The summed E-state index contributed by atoms with van der Waals surface area (Å²) in [5, 5.41) is 3.56. The van der Waals surface area contributed by atoms with E-state index < -0.39 is 0 Å². The molecule has 1 aromatic carbocycles. The van der Waals surface area contributed by atoms with Gasteiger partial charge in [0.2, 0.25) is 0 Å². The molecule has 0 spiro atoms. The molecule has 88 valence electrons. The second-order valence-electron chi connectivity index (χ2n) is 4.52. The van der Waals surface area contributed by atoms with Gasteiger partial charge in [-0.2, -0.15) is 0 Å². The van der Waals surface area contributed by atoms with Gasteiger partial charge in [-0.15, -0.1) is 0 Å². The van der Waals surface area contributed by atoms with Crippen molar-refractivity contribution in [2.24, 2.45) is 0 Å². The highest BCUT2D eigenvalue weighted by molar-refractivity contribution is 5.22. The maximum atomic E-state index is 5.53. The molecule has 1 aliphatic rings. The topological polar surface area (TPSA) is 21.3 Å². The molecule has 1 fully saturated rings. The van der Waals surface area contributed by atoms with Crippen LogP contribution < -0.4 is 5.32 Å². The SMILES string of the molecule is CCc1ccc(CNC2CCOC2C)cc1. The molecule has 1 aromatic rings. The Morgan fingerprint density at radius 3 is 2.50 bits per heavy atom. The first-order valence-electron chi connectivity index (χ1n) is 6.22. The normalized spacial score (nSPS) is 24.9. The minimum atomic E-state index is 0.356. The van der Waals surface area contributed by atoms with E-state index in [1.807, 2.05) is 0 Å². The van der Waals surface area contributed by atoms with Crippen molar-refractivity contribution in [3.8, 4) is 0 Å². The van der Waals surface area contributed by atoms with E-state index in [1.54, 1.807) is 0 Å². The summed E-state index contributed by atoms with van der Waals surface area (Å²) in [7, 11) is 0. The lowest BCUT2D eigenvalue weighted by Crippen LogP contribution is -2.34. The lowest BCUT2D eigenvalue weighted by Gasteiger charge is -2.16. The second-order valence-corrected chi connectivity index (χ2v) is 4.52. The van der Waals surface area contributed by atoms with Crippen LogP contribution in [0, 0.1) is 0 Å². The van der Waals surface area contributed by atoms with Crippen molar-refractivity contribution in [1.82, 2.24) is 5.32 Å². The minimum Gasteiger partial charge on any atom is -0.377 e. The van der Waals surface area contributed by atoms with Crippen LogP contribution in [0.25, 0.3) is 0 Å². The van der Waals surface area contributed by atoms with Crippen LogP contribution in [-0.2, 0) is 17.7 Å². The highest BCUT2D eigenvalue weighted by Crippen LogP contribution is 2.13. The van der Waals surface area contributed by atoms with Gasteiger partial charge in [0.1, 0.15) is 0 Å². The summed E-state index contributed by atoms with van der Waals surface area (Å²) >= 11 is 0. The van der Waals surface area contributed by atoms with E-state index in [0.717, 1.165) is 26.0 Å². The minimum absolute atomic E-state index is 0.356. The fourth-order valence-electron chi connectivity index (χ4n) is 2.14. The van der Waals surface area contributed by atoms with Crippen molar-refractivity contribution in [2.75, 3.05) is 6.61 Å². The number of nitrogens with one attached hydrogen (secondary N) is 1. The molecule has 16 heavy (non-hydrogen) atoms. The number of hydrogen-bond acceptors (Lipinski definition) is 2. The third-order valence-corrected chi connectivity index (χ3v) is 3.38. The van der Waals surface area contributed by atoms with Gasteiger partial charge in [0.15, 0.2) is 0 Å². The zero-order valence-electron chi connectivity index (χ0n) is 10.2. The number of hydrogen-bond donors (Lipinski definition) is 1. The smallest absolute Gasteiger partial charge is 0.0700 e. The summed E-state index contributed by atoms with van der Waals surface area (Å²) in [5.74, 6) is 0. The van der Waals surface area contributed by atoms with Gasteiger partial charge in [0.05, 0.1) is 6.10 Å². The Labute approximate surface area is 98.0 Å². The molecule has 0 radical (unpaired) electrons. The van der Waals surface area contributed by atoms with Crippen LogP contribution in [0.4, 0.5) is 0 Å². The van der Waals surface area contributed by atoms with Crippen LogP contribution in [0.1, 0.15) is 31.4 Å². The van der Waals surface area contributed by atoms with E-state index in [1.165, 1.54) is 11.1 Å². The van der Waals surface area contributed by atoms with Gasteiger partial charge in [-0.25, -0.2) is 0 Å². The summed E-state index contributed by atoms with van der Waals surface area (Å²) < 4.78 is 5.53. The molecule has 2 atom stereocenters. The van der Waals surface area contributed by atoms with Crippen molar-refractivity contribution in [2.45, 2.75) is 45.4 Å². The van der Waals surface area contributed by atoms with E-state index in [4.69, 9.17) is 4.74 Å². The molecule has 2 heteroatoms. The van der Waals surface area contributed by atoms with Crippen molar-refractivity contribution >= 4 is 0 Å². The molecule has 0 aromatic heterocycles. The van der Waals surface area contributed by atoms with E-state index in [9.17, 15) is 0 Å². The van der Waals surface area contributed by atoms with Gasteiger partial charge >= 0.3 is 0 Å². The molecule has 0 bridgehead atoms. The predicted octanol–water partition coefficient (Wildman–Crippen LogP) is 2.52. The molecule has 0 saturated carbocycles. The average Bonchev–Trinajstić information content (AvgIpc) is 2.73. The lowest BCUT2D eigenvalue weighted by atomic mass is 10.1. The van der Waals surface area contributed by atoms with Crippen LogP contribution in [0.15, 0.2) is 24.3 Å². The zero-order chi connectivity index (χ0) is 11.4.